The third-order valence-electron chi connectivity index (χ3n) is 3.82. The highest BCUT2D eigenvalue weighted by Crippen LogP contribution is 2.41. The molecule has 0 radical (unpaired) electrons. The van der Waals surface area contributed by atoms with Gasteiger partial charge in [0.05, 0.1) is 5.60 Å². The summed E-state index contributed by atoms with van der Waals surface area (Å²) in [5, 5.41) is 1.35. The average Bonchev–Trinajstić information content (AvgIpc) is 2.42. The Balaban J connectivity index is 1.67. The molecular weight excluding hydrogens is 262 g/mol. The van der Waals surface area contributed by atoms with Crippen LogP contribution in [0.1, 0.15) is 25.7 Å². The van der Waals surface area contributed by atoms with Gasteiger partial charge in [-0.05, 0) is 25.7 Å². The zero-order chi connectivity index (χ0) is 13.1. The van der Waals surface area contributed by atoms with Gasteiger partial charge >= 0.3 is 0 Å². The fourth-order valence-electron chi connectivity index (χ4n) is 2.76. The van der Waals surface area contributed by atoms with Crippen LogP contribution >= 0.6 is 11.8 Å². The molecule has 3 heterocycles. The van der Waals surface area contributed by atoms with E-state index in [1.807, 2.05) is 0 Å². The topological polar surface area (TPSA) is 70.3 Å². The molecule has 2 saturated heterocycles. The molecule has 2 aliphatic heterocycles. The molecule has 0 amide bonds. The quantitative estimate of drug-likeness (QED) is 0.892. The summed E-state index contributed by atoms with van der Waals surface area (Å²) >= 11 is 1.74. The SMILES string of the molecule is Nc1nccnc1SC1CCOC2(CCOCC2)C1. The highest BCUT2D eigenvalue weighted by atomic mass is 32.2. The molecular formula is C13H19N3O2S. The molecule has 0 aliphatic carbocycles. The van der Waals surface area contributed by atoms with E-state index >= 15 is 0 Å². The van der Waals surface area contributed by atoms with E-state index in [0.717, 1.165) is 50.5 Å². The van der Waals surface area contributed by atoms with Crippen LogP contribution < -0.4 is 5.73 Å². The fraction of sp³-hybridized carbons (Fsp3) is 0.692. The molecule has 19 heavy (non-hydrogen) atoms. The number of nitrogens with zero attached hydrogens (tertiary/aromatic N) is 2. The van der Waals surface area contributed by atoms with Crippen molar-refractivity contribution in [3.63, 3.8) is 0 Å². The maximum atomic E-state index is 6.04. The number of nitrogens with two attached hydrogens (primary N) is 1. The maximum Gasteiger partial charge on any atom is 0.156 e. The molecule has 6 heteroatoms. The summed E-state index contributed by atoms with van der Waals surface area (Å²) < 4.78 is 11.5. The number of hydrogen-bond acceptors (Lipinski definition) is 6. The Bertz CT molecular complexity index is 432. The lowest BCUT2D eigenvalue weighted by Crippen LogP contribution is -2.45. The van der Waals surface area contributed by atoms with Crippen LogP contribution in [-0.4, -0.2) is 40.6 Å². The summed E-state index contributed by atoms with van der Waals surface area (Å²) in [5.74, 6) is 0.528. The first kappa shape index (κ1) is 13.1. The van der Waals surface area contributed by atoms with Crippen molar-refractivity contribution in [1.82, 2.24) is 9.97 Å². The Hall–Kier alpha value is -0.850. The highest BCUT2D eigenvalue weighted by molar-refractivity contribution is 8.00. The smallest absolute Gasteiger partial charge is 0.156 e. The summed E-state index contributed by atoms with van der Waals surface area (Å²) in [6, 6.07) is 0. The molecule has 104 valence electrons. The third-order valence-corrected chi connectivity index (χ3v) is 5.09. The minimum atomic E-state index is 0.0190. The molecule has 2 N–H and O–H groups in total. The first-order valence-corrected chi connectivity index (χ1v) is 7.60. The molecule has 1 aromatic heterocycles. The first-order valence-electron chi connectivity index (χ1n) is 6.72. The van der Waals surface area contributed by atoms with Crippen LogP contribution in [-0.2, 0) is 9.47 Å². The number of aromatic nitrogens is 2. The number of anilines is 1. The molecule has 1 unspecified atom stereocenters. The van der Waals surface area contributed by atoms with Gasteiger partial charge in [-0.15, -0.1) is 0 Å². The summed E-state index contributed by atoms with van der Waals surface area (Å²) in [4.78, 5) is 8.41. The molecule has 2 aliphatic rings. The lowest BCUT2D eigenvalue weighted by Gasteiger charge is -2.43. The lowest BCUT2D eigenvalue weighted by atomic mass is 9.86. The van der Waals surface area contributed by atoms with Crippen LogP contribution in [0.2, 0.25) is 0 Å². The second-order valence-corrected chi connectivity index (χ2v) is 6.41. The standard InChI is InChI=1S/C13H19N3O2S/c14-11-12(16-5-4-15-11)19-10-1-6-18-13(9-10)2-7-17-8-3-13/h4-5,10H,1-3,6-9H2,(H2,14,15). The largest absolute Gasteiger partial charge is 0.381 e. The molecule has 5 nitrogen and oxygen atoms in total. The Kier molecular flexibility index (Phi) is 3.91. The van der Waals surface area contributed by atoms with E-state index in [0.29, 0.717) is 11.1 Å². The second kappa shape index (κ2) is 5.64. The maximum absolute atomic E-state index is 6.04. The van der Waals surface area contributed by atoms with Gasteiger partial charge in [0, 0.05) is 37.5 Å². The number of thioether (sulfide) groups is 1. The zero-order valence-corrected chi connectivity index (χ0v) is 11.7. The molecule has 0 bridgehead atoms. The highest BCUT2D eigenvalue weighted by Gasteiger charge is 2.39. The number of ether oxygens (including phenoxy) is 2. The minimum Gasteiger partial charge on any atom is -0.381 e. The Morgan fingerprint density at radius 1 is 1.21 bits per heavy atom. The Labute approximate surface area is 117 Å². The predicted molar refractivity (Wildman–Crippen MR) is 74.1 cm³/mol. The molecule has 2 fully saturated rings. The van der Waals surface area contributed by atoms with Gasteiger partial charge in [0.25, 0.3) is 0 Å². The summed E-state index contributed by atoms with van der Waals surface area (Å²) in [6.07, 6.45) is 7.42. The molecule has 1 spiro atoms. The van der Waals surface area contributed by atoms with Crippen molar-refractivity contribution in [3.05, 3.63) is 12.4 Å². The van der Waals surface area contributed by atoms with E-state index in [4.69, 9.17) is 15.2 Å². The van der Waals surface area contributed by atoms with Gasteiger partial charge in [-0.2, -0.15) is 0 Å². The van der Waals surface area contributed by atoms with Gasteiger partial charge in [-0.1, -0.05) is 11.8 Å². The normalized spacial score (nSPS) is 26.4. The number of hydrogen-bond donors (Lipinski definition) is 1. The third kappa shape index (κ3) is 3.01. The average molecular weight is 281 g/mol. The van der Waals surface area contributed by atoms with Gasteiger partial charge in [-0.25, -0.2) is 9.97 Å². The first-order chi connectivity index (χ1) is 9.27. The molecule has 3 rings (SSSR count). The van der Waals surface area contributed by atoms with Gasteiger partial charge < -0.3 is 15.2 Å². The molecule has 0 saturated carbocycles. The van der Waals surface area contributed by atoms with Crippen molar-refractivity contribution in [2.75, 3.05) is 25.6 Å². The van der Waals surface area contributed by atoms with Gasteiger partial charge in [-0.3, -0.25) is 0 Å². The molecule has 0 aromatic carbocycles. The van der Waals surface area contributed by atoms with Crippen LogP contribution in [0.4, 0.5) is 5.82 Å². The summed E-state index contributed by atoms with van der Waals surface area (Å²) in [6.45, 7) is 2.44. The molecule has 1 aromatic rings. The predicted octanol–water partition coefficient (Wildman–Crippen LogP) is 1.88. The van der Waals surface area contributed by atoms with Crippen LogP contribution in [0.25, 0.3) is 0 Å². The van der Waals surface area contributed by atoms with Gasteiger partial charge in [0.15, 0.2) is 5.82 Å². The fourth-order valence-corrected chi connectivity index (χ4v) is 3.97. The van der Waals surface area contributed by atoms with Crippen LogP contribution in [0.15, 0.2) is 17.4 Å². The van der Waals surface area contributed by atoms with E-state index in [2.05, 4.69) is 9.97 Å². The zero-order valence-electron chi connectivity index (χ0n) is 10.9. The van der Waals surface area contributed by atoms with Crippen LogP contribution in [0, 0.1) is 0 Å². The summed E-state index contributed by atoms with van der Waals surface area (Å²) in [7, 11) is 0. The van der Waals surface area contributed by atoms with E-state index in [-0.39, 0.29) is 5.60 Å². The van der Waals surface area contributed by atoms with Crippen molar-refractivity contribution in [2.24, 2.45) is 0 Å². The lowest BCUT2D eigenvalue weighted by molar-refractivity contribution is -0.131. The number of nitrogen functional groups attached to an aromatic ring is 1. The van der Waals surface area contributed by atoms with Crippen molar-refractivity contribution in [1.29, 1.82) is 0 Å². The van der Waals surface area contributed by atoms with Gasteiger partial charge in [0.1, 0.15) is 5.03 Å². The van der Waals surface area contributed by atoms with E-state index in [9.17, 15) is 0 Å². The molecule has 1 atom stereocenters. The van der Waals surface area contributed by atoms with Crippen molar-refractivity contribution < 1.29 is 9.47 Å². The number of rotatable bonds is 2. The van der Waals surface area contributed by atoms with E-state index in [1.54, 1.807) is 24.2 Å². The van der Waals surface area contributed by atoms with Crippen molar-refractivity contribution in [3.8, 4) is 0 Å². The second-order valence-electron chi connectivity index (χ2n) is 5.12. The minimum absolute atomic E-state index is 0.0190. The Morgan fingerprint density at radius 3 is 2.79 bits per heavy atom. The van der Waals surface area contributed by atoms with Crippen LogP contribution in [0.5, 0.6) is 0 Å². The Morgan fingerprint density at radius 2 is 2.00 bits per heavy atom. The van der Waals surface area contributed by atoms with Crippen LogP contribution in [0.3, 0.4) is 0 Å². The summed E-state index contributed by atoms with van der Waals surface area (Å²) in [5.41, 5.74) is 5.88. The van der Waals surface area contributed by atoms with Crippen molar-refractivity contribution >= 4 is 17.6 Å². The van der Waals surface area contributed by atoms with Gasteiger partial charge in [0.2, 0.25) is 0 Å². The van der Waals surface area contributed by atoms with E-state index < -0.39 is 0 Å². The monoisotopic (exact) mass is 281 g/mol. The van der Waals surface area contributed by atoms with E-state index in [1.165, 1.54) is 0 Å². The van der Waals surface area contributed by atoms with Crippen molar-refractivity contribution in [2.45, 2.75) is 41.6 Å².